The highest BCUT2D eigenvalue weighted by molar-refractivity contribution is 9.10. The first-order valence-electron chi connectivity index (χ1n) is 6.94. The van der Waals surface area contributed by atoms with E-state index in [-0.39, 0.29) is 5.91 Å². The molecule has 110 valence electrons. The Morgan fingerprint density at radius 3 is 2.55 bits per heavy atom. The van der Waals surface area contributed by atoms with Crippen LogP contribution in [-0.2, 0) is 4.79 Å². The Hall–Kier alpha value is -0.910. The molecule has 0 atom stereocenters. The first-order valence-corrected chi connectivity index (χ1v) is 7.73. The van der Waals surface area contributed by atoms with Gasteiger partial charge >= 0.3 is 0 Å². The van der Waals surface area contributed by atoms with E-state index in [1.807, 2.05) is 39.0 Å². The van der Waals surface area contributed by atoms with Crippen molar-refractivity contribution in [3.05, 3.63) is 28.2 Å². The average molecular weight is 340 g/mol. The predicted octanol–water partition coefficient (Wildman–Crippen LogP) is 2.38. The topological polar surface area (TPSA) is 44.4 Å². The zero-order chi connectivity index (χ0) is 14.8. The van der Waals surface area contributed by atoms with Gasteiger partial charge in [-0.15, -0.1) is 0 Å². The number of nitrogens with zero attached hydrogens (tertiary/aromatic N) is 1. The van der Waals surface area contributed by atoms with E-state index in [9.17, 15) is 4.79 Å². The number of halogens is 1. The quantitative estimate of drug-likeness (QED) is 0.888. The maximum atomic E-state index is 12.6. The van der Waals surface area contributed by atoms with Crippen LogP contribution in [0.25, 0.3) is 0 Å². The third kappa shape index (κ3) is 3.59. The van der Waals surface area contributed by atoms with Crippen LogP contribution in [0.4, 0.5) is 5.69 Å². The Bertz CT molecular complexity index is 476. The molecule has 1 aliphatic rings. The molecule has 0 spiro atoms. The molecule has 4 nitrogen and oxygen atoms in total. The Kier molecular flexibility index (Phi) is 4.83. The first-order chi connectivity index (χ1) is 9.39. The average Bonchev–Trinajstić information content (AvgIpc) is 2.38. The van der Waals surface area contributed by atoms with Crippen LogP contribution in [0.1, 0.15) is 19.4 Å². The summed E-state index contributed by atoms with van der Waals surface area (Å²) in [6, 6.07) is 5.94. The lowest BCUT2D eigenvalue weighted by molar-refractivity contribution is -0.126. The Morgan fingerprint density at radius 2 is 1.95 bits per heavy atom. The fourth-order valence-electron chi connectivity index (χ4n) is 2.46. The molecule has 0 bridgehead atoms. The summed E-state index contributed by atoms with van der Waals surface area (Å²) in [5.74, 6) is 0.0388. The van der Waals surface area contributed by atoms with Crippen molar-refractivity contribution in [2.45, 2.75) is 26.3 Å². The number of hydrogen-bond acceptors (Lipinski definition) is 3. The Balaban J connectivity index is 2.09. The van der Waals surface area contributed by atoms with Gasteiger partial charge in [0.1, 0.15) is 0 Å². The minimum absolute atomic E-state index is 0.0388. The number of nitrogens with one attached hydrogen (secondary N) is 2. The second-order valence-electron chi connectivity index (χ2n) is 5.77. The van der Waals surface area contributed by atoms with Gasteiger partial charge in [0.25, 0.3) is 0 Å². The predicted molar refractivity (Wildman–Crippen MR) is 86.0 cm³/mol. The van der Waals surface area contributed by atoms with Crippen molar-refractivity contribution in [1.82, 2.24) is 10.2 Å². The van der Waals surface area contributed by atoms with Gasteiger partial charge < -0.3 is 10.6 Å². The molecule has 20 heavy (non-hydrogen) atoms. The molecule has 5 heteroatoms. The van der Waals surface area contributed by atoms with Crippen LogP contribution in [0.2, 0.25) is 0 Å². The molecule has 1 heterocycles. The molecule has 1 aliphatic heterocycles. The maximum absolute atomic E-state index is 12.6. The highest BCUT2D eigenvalue weighted by Gasteiger charge is 2.35. The van der Waals surface area contributed by atoms with Crippen molar-refractivity contribution < 1.29 is 4.79 Å². The summed E-state index contributed by atoms with van der Waals surface area (Å²) >= 11 is 3.46. The van der Waals surface area contributed by atoms with Crippen molar-refractivity contribution in [3.8, 4) is 0 Å². The lowest BCUT2D eigenvalue weighted by Gasteiger charge is -2.39. The van der Waals surface area contributed by atoms with E-state index < -0.39 is 5.54 Å². The van der Waals surface area contributed by atoms with Crippen molar-refractivity contribution in [3.63, 3.8) is 0 Å². The summed E-state index contributed by atoms with van der Waals surface area (Å²) in [5.41, 5.74) is 1.46. The maximum Gasteiger partial charge on any atom is 0.244 e. The third-order valence-electron chi connectivity index (χ3n) is 3.76. The monoisotopic (exact) mass is 339 g/mol. The minimum Gasteiger partial charge on any atom is -0.324 e. The van der Waals surface area contributed by atoms with Crippen LogP contribution in [0, 0.1) is 6.92 Å². The number of piperazine rings is 1. The lowest BCUT2D eigenvalue weighted by atomic mass is 10.00. The standard InChI is InChI=1S/C15H22BrN3O/c1-11-8-12(16)10-13(9-11)18-14(20)15(2,3)19-6-4-17-5-7-19/h8-10,17H,4-7H2,1-3H3,(H,18,20). The summed E-state index contributed by atoms with van der Waals surface area (Å²) in [6.45, 7) is 9.66. The summed E-state index contributed by atoms with van der Waals surface area (Å²) in [4.78, 5) is 14.8. The summed E-state index contributed by atoms with van der Waals surface area (Å²) in [5, 5.41) is 6.34. The first kappa shape index (κ1) is 15.5. The Morgan fingerprint density at radius 1 is 1.30 bits per heavy atom. The van der Waals surface area contributed by atoms with Gasteiger partial charge in [-0.2, -0.15) is 0 Å². The van der Waals surface area contributed by atoms with E-state index >= 15 is 0 Å². The van der Waals surface area contributed by atoms with Gasteiger partial charge in [0.05, 0.1) is 5.54 Å². The second-order valence-corrected chi connectivity index (χ2v) is 6.68. The number of anilines is 1. The van der Waals surface area contributed by atoms with E-state index in [2.05, 4.69) is 31.5 Å². The highest BCUT2D eigenvalue weighted by atomic mass is 79.9. The van der Waals surface area contributed by atoms with E-state index in [1.54, 1.807) is 0 Å². The van der Waals surface area contributed by atoms with Crippen molar-refractivity contribution >= 4 is 27.5 Å². The fraction of sp³-hybridized carbons (Fsp3) is 0.533. The molecule has 2 N–H and O–H groups in total. The molecular weight excluding hydrogens is 318 g/mol. The molecule has 2 rings (SSSR count). The van der Waals surface area contributed by atoms with E-state index in [1.165, 1.54) is 0 Å². The van der Waals surface area contributed by atoms with E-state index in [0.29, 0.717) is 0 Å². The Labute approximate surface area is 129 Å². The van der Waals surface area contributed by atoms with Crippen molar-refractivity contribution in [1.29, 1.82) is 0 Å². The molecular formula is C15H22BrN3O. The van der Waals surface area contributed by atoms with Crippen LogP contribution >= 0.6 is 15.9 Å². The number of hydrogen-bond donors (Lipinski definition) is 2. The van der Waals surface area contributed by atoms with Gasteiger partial charge in [0, 0.05) is 36.3 Å². The summed E-state index contributed by atoms with van der Waals surface area (Å²) < 4.78 is 0.979. The molecule has 0 saturated carbocycles. The molecule has 1 amide bonds. The van der Waals surface area contributed by atoms with Crippen LogP contribution in [0.5, 0.6) is 0 Å². The zero-order valence-corrected chi connectivity index (χ0v) is 13.9. The van der Waals surface area contributed by atoms with Crippen LogP contribution < -0.4 is 10.6 Å². The minimum atomic E-state index is -0.502. The van der Waals surface area contributed by atoms with E-state index in [0.717, 1.165) is 41.9 Å². The van der Waals surface area contributed by atoms with Gasteiger partial charge in [-0.25, -0.2) is 0 Å². The van der Waals surface area contributed by atoms with Crippen LogP contribution in [-0.4, -0.2) is 42.5 Å². The van der Waals surface area contributed by atoms with Crippen LogP contribution in [0.3, 0.4) is 0 Å². The van der Waals surface area contributed by atoms with Gasteiger partial charge in [0.15, 0.2) is 0 Å². The number of carbonyl (C=O) groups is 1. The normalized spacial score (nSPS) is 17.0. The highest BCUT2D eigenvalue weighted by Crippen LogP contribution is 2.22. The molecule has 0 unspecified atom stereocenters. The smallest absolute Gasteiger partial charge is 0.244 e. The summed E-state index contributed by atoms with van der Waals surface area (Å²) in [7, 11) is 0. The van der Waals surface area contributed by atoms with Gasteiger partial charge in [-0.1, -0.05) is 15.9 Å². The molecule has 1 aromatic carbocycles. The molecule has 0 aliphatic carbocycles. The number of rotatable bonds is 3. The van der Waals surface area contributed by atoms with E-state index in [4.69, 9.17) is 0 Å². The van der Waals surface area contributed by atoms with Gasteiger partial charge in [0.2, 0.25) is 5.91 Å². The van der Waals surface area contributed by atoms with Crippen LogP contribution in [0.15, 0.2) is 22.7 Å². The number of amides is 1. The zero-order valence-electron chi connectivity index (χ0n) is 12.3. The molecule has 1 fully saturated rings. The third-order valence-corrected chi connectivity index (χ3v) is 4.22. The lowest BCUT2D eigenvalue weighted by Crippen LogP contribution is -2.58. The summed E-state index contributed by atoms with van der Waals surface area (Å²) in [6.07, 6.45) is 0. The second kappa shape index (κ2) is 6.24. The SMILES string of the molecule is Cc1cc(Br)cc(NC(=O)C(C)(C)N2CCNCC2)c1. The van der Waals surface area contributed by atoms with Gasteiger partial charge in [-0.3, -0.25) is 9.69 Å². The number of benzene rings is 1. The van der Waals surface area contributed by atoms with Crippen molar-refractivity contribution in [2.75, 3.05) is 31.5 Å². The molecule has 0 aromatic heterocycles. The fourth-order valence-corrected chi connectivity index (χ4v) is 3.07. The van der Waals surface area contributed by atoms with Crippen molar-refractivity contribution in [2.24, 2.45) is 0 Å². The molecule has 0 radical (unpaired) electrons. The largest absolute Gasteiger partial charge is 0.324 e. The van der Waals surface area contributed by atoms with Gasteiger partial charge in [-0.05, 0) is 44.5 Å². The number of aryl methyl sites for hydroxylation is 1. The molecule has 1 saturated heterocycles. The number of carbonyl (C=O) groups excluding carboxylic acids is 1. The molecule has 1 aromatic rings.